The molecule has 2 heterocycles. The molecule has 2 aliphatic heterocycles. The molecule has 0 aromatic heterocycles. The van der Waals surface area contributed by atoms with Crippen LogP contribution in [0.15, 0.2) is 28.2 Å². The molecule has 0 spiro atoms. The molecule has 0 amide bonds. The molecule has 1 aromatic rings. The molecule has 0 saturated heterocycles. The van der Waals surface area contributed by atoms with Gasteiger partial charge < -0.3 is 14.5 Å². The zero-order chi connectivity index (χ0) is 20.5. The van der Waals surface area contributed by atoms with E-state index in [-0.39, 0.29) is 17.2 Å². The van der Waals surface area contributed by atoms with Gasteiger partial charge in [-0.1, -0.05) is 25.4 Å². The van der Waals surface area contributed by atoms with Crippen LogP contribution in [0, 0.1) is 0 Å². The van der Waals surface area contributed by atoms with Gasteiger partial charge in [-0.3, -0.25) is 5.43 Å². The van der Waals surface area contributed by atoms with Gasteiger partial charge in [0.15, 0.2) is 0 Å². The first-order chi connectivity index (χ1) is 13.3. The van der Waals surface area contributed by atoms with E-state index in [2.05, 4.69) is 20.3 Å². The van der Waals surface area contributed by atoms with Crippen molar-refractivity contribution < 1.29 is 13.2 Å². The summed E-state index contributed by atoms with van der Waals surface area (Å²) in [5, 5.41) is 4.59. The van der Waals surface area contributed by atoms with E-state index >= 15 is 0 Å². The van der Waals surface area contributed by atoms with Gasteiger partial charge in [-0.25, -0.2) is 8.42 Å². The van der Waals surface area contributed by atoms with Crippen molar-refractivity contribution >= 4 is 32.5 Å². The molecule has 2 atom stereocenters. The first-order valence-corrected chi connectivity index (χ1v) is 11.3. The molecule has 1 N–H and O–H groups in total. The Morgan fingerprint density at radius 1 is 1.32 bits per heavy atom. The van der Waals surface area contributed by atoms with Crippen molar-refractivity contribution in [2.24, 2.45) is 5.10 Å². The van der Waals surface area contributed by atoms with Gasteiger partial charge in [-0.05, 0) is 26.2 Å². The third-order valence-corrected chi connectivity index (χ3v) is 7.35. The highest BCUT2D eigenvalue weighted by Crippen LogP contribution is 2.39. The van der Waals surface area contributed by atoms with Crippen LogP contribution in [0.1, 0.15) is 20.3 Å². The van der Waals surface area contributed by atoms with E-state index < -0.39 is 10.0 Å². The fraction of sp³-hybridized carbons (Fsp3) is 0.611. The van der Waals surface area contributed by atoms with Gasteiger partial charge in [-0.2, -0.15) is 9.41 Å². The third kappa shape index (κ3) is 4.07. The lowest BCUT2D eigenvalue weighted by Crippen LogP contribution is -2.58. The summed E-state index contributed by atoms with van der Waals surface area (Å²) in [7, 11) is 0.482. The Balaban J connectivity index is 1.99. The Bertz CT molecular complexity index is 842. The van der Waals surface area contributed by atoms with E-state index in [9.17, 15) is 8.42 Å². The molecular formula is C18H28ClN5O3S. The van der Waals surface area contributed by atoms with Gasteiger partial charge in [0.1, 0.15) is 10.9 Å². The largest absolute Gasteiger partial charge is 0.465 e. The van der Waals surface area contributed by atoms with Crippen molar-refractivity contribution in [3.05, 3.63) is 18.2 Å². The number of hydrogen-bond acceptors (Lipinski definition) is 7. The molecule has 1 aromatic carbocycles. The lowest BCUT2D eigenvalue weighted by atomic mass is 10.1. The molecule has 2 aliphatic rings. The number of sulfonamides is 1. The van der Waals surface area contributed by atoms with E-state index in [4.69, 9.17) is 16.3 Å². The maximum absolute atomic E-state index is 12.9. The molecule has 0 radical (unpaired) electrons. The van der Waals surface area contributed by atoms with E-state index in [1.54, 1.807) is 12.1 Å². The Hall–Kier alpha value is -1.55. The predicted octanol–water partition coefficient (Wildman–Crippen LogP) is 1.72. The number of ether oxygens (including phenoxy) is 1. The number of hydrogen-bond donors (Lipinski definition) is 1. The lowest BCUT2D eigenvalue weighted by molar-refractivity contribution is 0.114. The van der Waals surface area contributed by atoms with Crippen molar-refractivity contribution in [3.63, 3.8) is 0 Å². The van der Waals surface area contributed by atoms with Gasteiger partial charge in [0.25, 0.3) is 0 Å². The number of nitrogens with zero attached hydrogens (tertiary/aromatic N) is 4. The summed E-state index contributed by atoms with van der Waals surface area (Å²) < 4.78 is 33.3. The Morgan fingerprint density at radius 2 is 2.04 bits per heavy atom. The number of nitrogens with one attached hydrogen (secondary N) is 1. The van der Waals surface area contributed by atoms with Gasteiger partial charge in [0.05, 0.1) is 16.6 Å². The minimum absolute atomic E-state index is 0.0114. The van der Waals surface area contributed by atoms with E-state index in [0.29, 0.717) is 30.4 Å². The molecule has 8 nitrogen and oxygen atoms in total. The number of anilines is 1. The smallest absolute Gasteiger partial charge is 0.243 e. The molecular weight excluding hydrogens is 402 g/mol. The zero-order valence-corrected chi connectivity index (χ0v) is 18.3. The topological polar surface area (TPSA) is 77.5 Å². The average Bonchev–Trinajstić information content (AvgIpc) is 2.65. The highest BCUT2D eigenvalue weighted by molar-refractivity contribution is 7.89. The van der Waals surface area contributed by atoms with Gasteiger partial charge in [-0.15, -0.1) is 0 Å². The number of hydrazone groups is 1. The maximum atomic E-state index is 12.9. The molecule has 28 heavy (non-hydrogen) atoms. The van der Waals surface area contributed by atoms with Crippen molar-refractivity contribution in [1.29, 1.82) is 0 Å². The number of rotatable bonds is 7. The first-order valence-electron chi connectivity index (χ1n) is 9.47. The monoisotopic (exact) mass is 429 g/mol. The van der Waals surface area contributed by atoms with Crippen LogP contribution in [-0.4, -0.2) is 75.3 Å². The Labute approximate surface area is 172 Å². The highest BCUT2D eigenvalue weighted by Gasteiger charge is 2.39. The van der Waals surface area contributed by atoms with Crippen LogP contribution in [0.5, 0.6) is 5.75 Å². The molecule has 0 bridgehead atoms. The van der Waals surface area contributed by atoms with Crippen LogP contribution in [0.4, 0.5) is 5.69 Å². The standard InChI is InChI=1S/C18H28ClN5O3S/c1-5-23(6-2)28(25,26)13-7-8-14-16(11-13)27-18-15(12-17(19)20-21-18)24(14)10-9-22(3)4/h7-8,11,15,18,21H,5-6,9-10,12H2,1-4H3. The van der Waals surface area contributed by atoms with Gasteiger partial charge in [0, 0.05) is 38.7 Å². The maximum Gasteiger partial charge on any atom is 0.243 e. The number of likely N-dealkylation sites (N-methyl/N-ethyl adjacent to an activating group) is 1. The average molecular weight is 430 g/mol. The SMILES string of the molecule is CCN(CC)S(=O)(=O)c1ccc2c(c1)OC1NN=C(Cl)CC1N2CCN(C)C. The summed E-state index contributed by atoms with van der Waals surface area (Å²) in [5.74, 6) is 0.536. The number of benzene rings is 1. The van der Waals surface area contributed by atoms with Gasteiger partial charge >= 0.3 is 0 Å². The molecule has 0 fully saturated rings. The normalized spacial score (nSPS) is 21.7. The van der Waals surface area contributed by atoms with Crippen LogP contribution in [-0.2, 0) is 10.0 Å². The first kappa shape index (κ1) is 21.2. The summed E-state index contributed by atoms with van der Waals surface area (Å²) in [5.41, 5.74) is 3.82. The summed E-state index contributed by atoms with van der Waals surface area (Å²) >= 11 is 6.15. The fourth-order valence-electron chi connectivity index (χ4n) is 3.53. The van der Waals surface area contributed by atoms with Crippen molar-refractivity contribution in [2.75, 3.05) is 45.2 Å². The second-order valence-corrected chi connectivity index (χ2v) is 9.52. The van der Waals surface area contributed by atoms with Crippen LogP contribution in [0.3, 0.4) is 0 Å². The zero-order valence-electron chi connectivity index (χ0n) is 16.7. The minimum atomic E-state index is -3.56. The second kappa shape index (κ2) is 8.44. The lowest BCUT2D eigenvalue weighted by Gasteiger charge is -2.45. The van der Waals surface area contributed by atoms with E-state index in [1.165, 1.54) is 4.31 Å². The fourth-order valence-corrected chi connectivity index (χ4v) is 5.21. The third-order valence-electron chi connectivity index (χ3n) is 5.07. The highest BCUT2D eigenvalue weighted by atomic mass is 35.5. The second-order valence-electron chi connectivity index (χ2n) is 7.14. The molecule has 3 rings (SSSR count). The molecule has 2 unspecified atom stereocenters. The van der Waals surface area contributed by atoms with E-state index in [1.807, 2.05) is 34.0 Å². The van der Waals surface area contributed by atoms with Crippen molar-refractivity contribution in [1.82, 2.24) is 14.6 Å². The Kier molecular flexibility index (Phi) is 6.38. The van der Waals surface area contributed by atoms with Crippen LogP contribution in [0.2, 0.25) is 0 Å². The van der Waals surface area contributed by atoms with Crippen LogP contribution < -0.4 is 15.1 Å². The summed E-state index contributed by atoms with van der Waals surface area (Å²) in [4.78, 5) is 4.56. The van der Waals surface area contributed by atoms with Crippen LogP contribution >= 0.6 is 11.6 Å². The Morgan fingerprint density at radius 3 is 2.68 bits per heavy atom. The number of fused-ring (bicyclic) bond motifs is 2. The van der Waals surface area contributed by atoms with Crippen molar-refractivity contribution in [3.8, 4) is 5.75 Å². The molecule has 0 saturated carbocycles. The number of halogens is 1. The quantitative estimate of drug-likeness (QED) is 0.711. The summed E-state index contributed by atoms with van der Waals surface area (Å²) in [6.45, 7) is 6.11. The van der Waals surface area contributed by atoms with E-state index in [0.717, 1.165) is 18.8 Å². The molecule has 0 aliphatic carbocycles. The summed E-state index contributed by atoms with van der Waals surface area (Å²) in [6.07, 6.45) is 0.189. The predicted molar refractivity (Wildman–Crippen MR) is 112 cm³/mol. The van der Waals surface area contributed by atoms with Crippen molar-refractivity contribution in [2.45, 2.75) is 37.4 Å². The minimum Gasteiger partial charge on any atom is -0.465 e. The molecule has 10 heteroatoms. The molecule has 156 valence electrons. The summed E-state index contributed by atoms with van der Waals surface area (Å²) in [6, 6.07) is 5.09. The van der Waals surface area contributed by atoms with Crippen LogP contribution in [0.25, 0.3) is 0 Å². The van der Waals surface area contributed by atoms with Gasteiger partial charge in [0.2, 0.25) is 16.3 Å².